The highest BCUT2D eigenvalue weighted by Gasteiger charge is 2.14. The lowest BCUT2D eigenvalue weighted by Gasteiger charge is -2.25. The molecule has 30 heavy (non-hydrogen) atoms. The van der Waals surface area contributed by atoms with Crippen LogP contribution in [0.5, 0.6) is 0 Å². The highest BCUT2D eigenvalue weighted by Crippen LogP contribution is 2.17. The number of fused-ring (bicyclic) bond motifs is 1. The number of hydrogen-bond donors (Lipinski definition) is 2. The van der Waals surface area contributed by atoms with Gasteiger partial charge in [0.2, 0.25) is 0 Å². The number of aromatic amines is 1. The van der Waals surface area contributed by atoms with E-state index in [0.29, 0.717) is 18.2 Å². The Kier molecular flexibility index (Phi) is 8.01. The second kappa shape index (κ2) is 10.7. The zero-order valence-electron chi connectivity index (χ0n) is 17.9. The first kappa shape index (κ1) is 22.5. The van der Waals surface area contributed by atoms with E-state index in [-0.39, 0.29) is 5.56 Å². The van der Waals surface area contributed by atoms with Gasteiger partial charge in [-0.3, -0.25) is 4.79 Å². The van der Waals surface area contributed by atoms with Crippen LogP contribution in [0.3, 0.4) is 0 Å². The van der Waals surface area contributed by atoms with Gasteiger partial charge < -0.3 is 20.1 Å². The van der Waals surface area contributed by atoms with Crippen molar-refractivity contribution in [1.29, 1.82) is 0 Å². The molecule has 0 fully saturated rings. The van der Waals surface area contributed by atoms with Crippen molar-refractivity contribution in [2.45, 2.75) is 32.9 Å². The second-order valence-corrected chi connectivity index (χ2v) is 9.14. The molecule has 0 bridgehead atoms. The smallest absolute Gasteiger partial charge is 0.253 e. The Hall–Kier alpha value is -2.22. The molecule has 160 valence electrons. The van der Waals surface area contributed by atoms with Crippen molar-refractivity contribution in [2.75, 3.05) is 27.2 Å². The number of nitrogens with zero attached hydrogens (tertiary/aromatic N) is 2. The number of aromatic nitrogens is 1. The van der Waals surface area contributed by atoms with Crippen molar-refractivity contribution >= 4 is 39.6 Å². The van der Waals surface area contributed by atoms with Gasteiger partial charge in [-0.2, -0.15) is 0 Å². The third kappa shape index (κ3) is 6.14. The fourth-order valence-corrected chi connectivity index (χ4v) is 4.29. The van der Waals surface area contributed by atoms with E-state index in [4.69, 9.17) is 12.2 Å². The van der Waals surface area contributed by atoms with E-state index in [1.807, 2.05) is 18.2 Å². The third-order valence-electron chi connectivity index (χ3n) is 5.03. The highest BCUT2D eigenvalue weighted by molar-refractivity contribution is 7.80. The minimum atomic E-state index is -0.0571. The molecule has 0 aliphatic heterocycles. The lowest BCUT2D eigenvalue weighted by molar-refractivity contribution is 0.385. The third-order valence-corrected chi connectivity index (χ3v) is 6.29. The fourth-order valence-electron chi connectivity index (χ4n) is 3.34. The summed E-state index contributed by atoms with van der Waals surface area (Å²) in [7, 11) is 4.13. The van der Waals surface area contributed by atoms with Crippen molar-refractivity contribution in [1.82, 2.24) is 20.1 Å². The molecule has 5 nitrogen and oxygen atoms in total. The van der Waals surface area contributed by atoms with E-state index >= 15 is 0 Å². The maximum Gasteiger partial charge on any atom is 0.253 e. The molecule has 0 radical (unpaired) electrons. The Morgan fingerprint density at radius 3 is 2.73 bits per heavy atom. The summed E-state index contributed by atoms with van der Waals surface area (Å²) in [5.74, 6) is 0. The Labute approximate surface area is 187 Å². The van der Waals surface area contributed by atoms with Crippen LogP contribution in [0.1, 0.15) is 29.3 Å². The monoisotopic (exact) mass is 442 g/mol. The first-order valence-electron chi connectivity index (χ1n) is 10.3. The Morgan fingerprint density at radius 2 is 2.03 bits per heavy atom. The van der Waals surface area contributed by atoms with Crippen molar-refractivity contribution in [3.63, 3.8) is 0 Å². The molecule has 0 aliphatic rings. The molecular weight excluding hydrogens is 412 g/mol. The number of thiophene rings is 1. The molecule has 1 aromatic carbocycles. The average Bonchev–Trinajstić information content (AvgIpc) is 3.23. The van der Waals surface area contributed by atoms with Gasteiger partial charge in [-0.1, -0.05) is 19.1 Å². The average molecular weight is 443 g/mol. The van der Waals surface area contributed by atoms with Gasteiger partial charge in [0.25, 0.3) is 5.56 Å². The molecule has 0 amide bonds. The van der Waals surface area contributed by atoms with Crippen LogP contribution in [0.15, 0.2) is 46.6 Å². The van der Waals surface area contributed by atoms with E-state index in [1.165, 1.54) is 10.4 Å². The van der Waals surface area contributed by atoms with E-state index in [1.54, 1.807) is 11.3 Å². The van der Waals surface area contributed by atoms with Crippen LogP contribution in [0, 0.1) is 0 Å². The lowest BCUT2D eigenvalue weighted by Crippen LogP contribution is -2.40. The molecule has 2 N–H and O–H groups in total. The molecule has 0 saturated carbocycles. The summed E-state index contributed by atoms with van der Waals surface area (Å²) in [6.07, 6.45) is 1.98. The summed E-state index contributed by atoms with van der Waals surface area (Å²) >= 11 is 7.40. The molecule has 0 atom stereocenters. The van der Waals surface area contributed by atoms with Gasteiger partial charge in [-0.25, -0.2) is 0 Å². The largest absolute Gasteiger partial charge is 0.363 e. The molecule has 3 rings (SSSR count). The number of hydrogen-bond acceptors (Lipinski definition) is 4. The van der Waals surface area contributed by atoms with Crippen LogP contribution in [0.25, 0.3) is 10.9 Å². The molecule has 0 spiro atoms. The van der Waals surface area contributed by atoms with Crippen molar-refractivity contribution in [3.05, 3.63) is 68.1 Å². The normalized spacial score (nSPS) is 11.2. The number of aryl methyl sites for hydroxylation is 1. The Bertz CT molecular complexity index is 1030. The second-order valence-electron chi connectivity index (χ2n) is 7.72. The standard InChI is InChI=1S/C23H30N4OS2/c1-4-17-8-9-21-18(13-17)14-19(22(28)25-21)15-27(16-20-7-5-12-30-20)23(29)24-10-6-11-26(2)3/h5,7-9,12-14H,4,6,10-11,15-16H2,1-3H3,(H,24,29)(H,25,28). The Balaban J connectivity index is 1.80. The van der Waals surface area contributed by atoms with Crippen LogP contribution in [-0.2, 0) is 19.5 Å². The van der Waals surface area contributed by atoms with Crippen molar-refractivity contribution in [2.24, 2.45) is 0 Å². The summed E-state index contributed by atoms with van der Waals surface area (Å²) in [5, 5.41) is 7.18. The topological polar surface area (TPSA) is 51.4 Å². The fraction of sp³-hybridized carbons (Fsp3) is 0.391. The Morgan fingerprint density at radius 1 is 1.20 bits per heavy atom. The van der Waals surface area contributed by atoms with Gasteiger partial charge >= 0.3 is 0 Å². The van der Waals surface area contributed by atoms with E-state index in [2.05, 4.69) is 64.7 Å². The molecular formula is C23H30N4OS2. The maximum atomic E-state index is 12.7. The summed E-state index contributed by atoms with van der Waals surface area (Å²) in [6, 6.07) is 12.3. The van der Waals surface area contributed by atoms with Crippen LogP contribution < -0.4 is 10.9 Å². The summed E-state index contributed by atoms with van der Waals surface area (Å²) < 4.78 is 0. The zero-order chi connectivity index (χ0) is 21.5. The molecule has 0 unspecified atom stereocenters. The number of nitrogens with one attached hydrogen (secondary N) is 2. The molecule has 3 aromatic rings. The zero-order valence-corrected chi connectivity index (χ0v) is 19.5. The lowest BCUT2D eigenvalue weighted by atomic mass is 10.1. The molecule has 7 heteroatoms. The van der Waals surface area contributed by atoms with E-state index < -0.39 is 0 Å². The van der Waals surface area contributed by atoms with Crippen molar-refractivity contribution in [3.8, 4) is 0 Å². The SMILES string of the molecule is CCc1ccc2[nH]c(=O)c(CN(Cc3cccs3)C(=S)NCCCN(C)C)cc2c1. The molecule has 0 saturated heterocycles. The first-order chi connectivity index (χ1) is 14.5. The first-order valence-corrected chi connectivity index (χ1v) is 11.6. The van der Waals surface area contributed by atoms with Gasteiger partial charge in [0.05, 0.1) is 13.1 Å². The number of pyridine rings is 1. The minimum Gasteiger partial charge on any atom is -0.363 e. The number of H-pyrrole nitrogens is 1. The molecule has 2 heterocycles. The molecule has 2 aromatic heterocycles. The van der Waals surface area contributed by atoms with Gasteiger partial charge in [-0.05, 0) is 86.3 Å². The van der Waals surface area contributed by atoms with E-state index in [9.17, 15) is 4.79 Å². The van der Waals surface area contributed by atoms with Crippen molar-refractivity contribution < 1.29 is 0 Å². The van der Waals surface area contributed by atoms with Crippen LogP contribution in [0.4, 0.5) is 0 Å². The minimum absolute atomic E-state index is 0.0571. The number of benzene rings is 1. The number of rotatable bonds is 9. The summed E-state index contributed by atoms with van der Waals surface area (Å²) in [5.41, 5.74) is 2.80. The van der Waals surface area contributed by atoms with Crippen LogP contribution >= 0.6 is 23.6 Å². The highest BCUT2D eigenvalue weighted by atomic mass is 32.1. The number of thiocarbonyl (C=S) groups is 1. The molecule has 0 aliphatic carbocycles. The van der Waals surface area contributed by atoms with Gasteiger partial charge in [-0.15, -0.1) is 11.3 Å². The van der Waals surface area contributed by atoms with Gasteiger partial charge in [0, 0.05) is 22.5 Å². The van der Waals surface area contributed by atoms with E-state index in [0.717, 1.165) is 42.4 Å². The summed E-state index contributed by atoms with van der Waals surface area (Å²) in [4.78, 5) is 21.2. The predicted molar refractivity (Wildman–Crippen MR) is 131 cm³/mol. The van der Waals surface area contributed by atoms with Gasteiger partial charge in [0.1, 0.15) is 0 Å². The summed E-state index contributed by atoms with van der Waals surface area (Å²) in [6.45, 7) is 5.11. The maximum absolute atomic E-state index is 12.7. The van der Waals surface area contributed by atoms with Crippen LogP contribution in [0.2, 0.25) is 0 Å². The predicted octanol–water partition coefficient (Wildman–Crippen LogP) is 3.98. The quantitative estimate of drug-likeness (QED) is 0.388. The van der Waals surface area contributed by atoms with Gasteiger partial charge in [0.15, 0.2) is 5.11 Å². The van der Waals surface area contributed by atoms with Crippen LogP contribution in [-0.4, -0.2) is 47.1 Å².